The van der Waals surface area contributed by atoms with Gasteiger partial charge in [0.1, 0.15) is 5.75 Å². The van der Waals surface area contributed by atoms with Crippen LogP contribution in [0.25, 0.3) is 0 Å². The molecule has 0 bridgehead atoms. The molecular formula is C15H23NO4. The number of hydrogen-bond acceptors (Lipinski definition) is 4. The number of aliphatic hydroxyl groups excluding tert-OH is 1. The van der Waals surface area contributed by atoms with Crippen molar-refractivity contribution in [1.82, 2.24) is 4.90 Å². The highest BCUT2D eigenvalue weighted by Gasteiger charge is 2.12. The molecule has 0 heterocycles. The van der Waals surface area contributed by atoms with Gasteiger partial charge in [-0.15, -0.1) is 0 Å². The van der Waals surface area contributed by atoms with E-state index < -0.39 is 0 Å². The van der Waals surface area contributed by atoms with Gasteiger partial charge in [-0.2, -0.15) is 0 Å². The maximum absolute atomic E-state index is 12.0. The van der Waals surface area contributed by atoms with Crippen molar-refractivity contribution in [3.8, 4) is 5.75 Å². The van der Waals surface area contributed by atoms with Crippen LogP contribution in [0.3, 0.4) is 0 Å². The second-order valence-electron chi connectivity index (χ2n) is 4.46. The normalized spacial score (nSPS) is 10.3. The number of aliphatic hydroxyl groups is 1. The lowest BCUT2D eigenvalue weighted by Crippen LogP contribution is -2.36. The van der Waals surface area contributed by atoms with Gasteiger partial charge >= 0.3 is 0 Å². The Morgan fingerprint density at radius 3 is 2.65 bits per heavy atom. The van der Waals surface area contributed by atoms with Gasteiger partial charge in [0.05, 0.1) is 26.2 Å². The molecule has 0 radical (unpaired) electrons. The number of para-hydroxylation sites is 1. The highest BCUT2D eigenvalue weighted by Crippen LogP contribution is 2.16. The lowest BCUT2D eigenvalue weighted by Gasteiger charge is -2.21. The zero-order valence-electron chi connectivity index (χ0n) is 12.2. The van der Waals surface area contributed by atoms with Crippen LogP contribution in [-0.2, 0) is 9.53 Å². The molecule has 1 N–H and O–H groups in total. The molecule has 1 aromatic rings. The number of nitrogens with zero attached hydrogens (tertiary/aromatic N) is 1. The Balaban J connectivity index is 2.38. The summed E-state index contributed by atoms with van der Waals surface area (Å²) < 4.78 is 10.6. The Labute approximate surface area is 120 Å². The first-order valence-corrected chi connectivity index (χ1v) is 6.75. The molecule has 0 aromatic heterocycles. The molecule has 0 atom stereocenters. The van der Waals surface area contributed by atoms with Crippen molar-refractivity contribution in [2.75, 3.05) is 40.0 Å². The molecule has 0 saturated carbocycles. The molecule has 1 amide bonds. The fraction of sp³-hybridized carbons (Fsp3) is 0.533. The van der Waals surface area contributed by atoms with Crippen LogP contribution < -0.4 is 4.74 Å². The first-order valence-electron chi connectivity index (χ1n) is 6.75. The van der Waals surface area contributed by atoms with Crippen LogP contribution in [0, 0.1) is 6.92 Å². The van der Waals surface area contributed by atoms with Crippen LogP contribution in [0.15, 0.2) is 24.3 Å². The first-order chi connectivity index (χ1) is 9.69. The standard InChI is InChI=1S/C15H23NO4/c1-13-5-3-4-6-14(13)20-11-7-15(18)16(8-10-17)9-12-19-2/h3-6,17H,7-12H2,1-2H3. The summed E-state index contributed by atoms with van der Waals surface area (Å²) >= 11 is 0. The maximum atomic E-state index is 12.0. The Hall–Kier alpha value is -1.59. The van der Waals surface area contributed by atoms with E-state index in [4.69, 9.17) is 14.6 Å². The number of methoxy groups -OCH3 is 1. The molecule has 5 heteroatoms. The van der Waals surface area contributed by atoms with E-state index in [-0.39, 0.29) is 18.9 Å². The Morgan fingerprint density at radius 1 is 1.25 bits per heavy atom. The molecule has 112 valence electrons. The summed E-state index contributed by atoms with van der Waals surface area (Å²) in [6, 6.07) is 7.70. The molecule has 0 spiro atoms. The van der Waals surface area contributed by atoms with Crippen molar-refractivity contribution in [2.24, 2.45) is 0 Å². The fourth-order valence-corrected chi connectivity index (χ4v) is 1.81. The number of aryl methyl sites for hydroxylation is 1. The number of benzene rings is 1. The van der Waals surface area contributed by atoms with Gasteiger partial charge in [0, 0.05) is 20.2 Å². The van der Waals surface area contributed by atoms with Gasteiger partial charge < -0.3 is 19.5 Å². The van der Waals surface area contributed by atoms with Gasteiger partial charge in [0.15, 0.2) is 0 Å². The largest absolute Gasteiger partial charge is 0.493 e. The lowest BCUT2D eigenvalue weighted by molar-refractivity contribution is -0.132. The summed E-state index contributed by atoms with van der Waals surface area (Å²) in [5, 5.41) is 8.96. The number of carbonyl (C=O) groups is 1. The molecule has 1 rings (SSSR count). The fourth-order valence-electron chi connectivity index (χ4n) is 1.81. The zero-order valence-corrected chi connectivity index (χ0v) is 12.2. The Bertz CT molecular complexity index is 409. The molecule has 0 unspecified atom stereocenters. The van der Waals surface area contributed by atoms with Gasteiger partial charge in [-0.1, -0.05) is 18.2 Å². The second-order valence-corrected chi connectivity index (χ2v) is 4.46. The van der Waals surface area contributed by atoms with E-state index in [9.17, 15) is 4.79 Å². The lowest BCUT2D eigenvalue weighted by atomic mass is 10.2. The summed E-state index contributed by atoms with van der Waals surface area (Å²) in [5.41, 5.74) is 1.05. The van der Waals surface area contributed by atoms with Crippen molar-refractivity contribution < 1.29 is 19.4 Å². The van der Waals surface area contributed by atoms with Gasteiger partial charge in [0.25, 0.3) is 0 Å². The van der Waals surface area contributed by atoms with Crippen molar-refractivity contribution in [1.29, 1.82) is 0 Å². The van der Waals surface area contributed by atoms with E-state index in [2.05, 4.69) is 0 Å². The Kier molecular flexibility index (Phi) is 7.69. The monoisotopic (exact) mass is 281 g/mol. The summed E-state index contributed by atoms with van der Waals surface area (Å²) in [5.74, 6) is 0.760. The smallest absolute Gasteiger partial charge is 0.226 e. The minimum absolute atomic E-state index is 0.0373. The zero-order chi connectivity index (χ0) is 14.8. The predicted molar refractivity (Wildman–Crippen MR) is 76.8 cm³/mol. The van der Waals surface area contributed by atoms with Crippen LogP contribution in [0.4, 0.5) is 0 Å². The SMILES string of the molecule is COCCN(CCO)C(=O)CCOc1ccccc1C. The molecular weight excluding hydrogens is 258 g/mol. The number of ether oxygens (including phenoxy) is 2. The summed E-state index contributed by atoms with van der Waals surface area (Å²) in [6.07, 6.45) is 0.290. The number of hydrogen-bond donors (Lipinski definition) is 1. The second kappa shape index (κ2) is 9.34. The summed E-state index contributed by atoms with van der Waals surface area (Å²) in [4.78, 5) is 13.6. The van der Waals surface area contributed by atoms with E-state index in [0.29, 0.717) is 26.3 Å². The van der Waals surface area contributed by atoms with Crippen LogP contribution in [0.2, 0.25) is 0 Å². The van der Waals surface area contributed by atoms with Crippen molar-refractivity contribution in [3.63, 3.8) is 0 Å². The van der Waals surface area contributed by atoms with Crippen LogP contribution in [0.5, 0.6) is 5.75 Å². The molecule has 0 aliphatic heterocycles. The van der Waals surface area contributed by atoms with E-state index in [0.717, 1.165) is 11.3 Å². The molecule has 0 aliphatic carbocycles. The van der Waals surface area contributed by atoms with Crippen molar-refractivity contribution in [3.05, 3.63) is 29.8 Å². The van der Waals surface area contributed by atoms with Gasteiger partial charge in [-0.05, 0) is 18.6 Å². The number of rotatable bonds is 9. The van der Waals surface area contributed by atoms with E-state index in [1.807, 2.05) is 31.2 Å². The number of carbonyl (C=O) groups excluding carboxylic acids is 1. The number of amides is 1. The topological polar surface area (TPSA) is 59.0 Å². The molecule has 5 nitrogen and oxygen atoms in total. The average molecular weight is 281 g/mol. The van der Waals surface area contributed by atoms with Gasteiger partial charge in [-0.25, -0.2) is 0 Å². The van der Waals surface area contributed by atoms with E-state index in [1.54, 1.807) is 12.0 Å². The minimum atomic E-state index is -0.0475. The quantitative estimate of drug-likeness (QED) is 0.739. The summed E-state index contributed by atoms with van der Waals surface area (Å²) in [7, 11) is 1.59. The molecule has 20 heavy (non-hydrogen) atoms. The highest BCUT2D eigenvalue weighted by atomic mass is 16.5. The predicted octanol–water partition coefficient (Wildman–Crippen LogP) is 1.23. The molecule has 0 aliphatic rings. The summed E-state index contributed by atoms with van der Waals surface area (Å²) in [6.45, 7) is 3.53. The van der Waals surface area contributed by atoms with Crippen molar-refractivity contribution >= 4 is 5.91 Å². The average Bonchev–Trinajstić information content (AvgIpc) is 2.45. The van der Waals surface area contributed by atoms with E-state index >= 15 is 0 Å². The minimum Gasteiger partial charge on any atom is -0.493 e. The van der Waals surface area contributed by atoms with Crippen molar-refractivity contribution in [2.45, 2.75) is 13.3 Å². The third kappa shape index (κ3) is 5.59. The molecule has 1 aromatic carbocycles. The van der Waals surface area contributed by atoms with Crippen LogP contribution in [-0.4, -0.2) is 55.9 Å². The van der Waals surface area contributed by atoms with Crippen LogP contribution in [0.1, 0.15) is 12.0 Å². The third-order valence-electron chi connectivity index (χ3n) is 2.96. The highest BCUT2D eigenvalue weighted by molar-refractivity contribution is 5.76. The van der Waals surface area contributed by atoms with Gasteiger partial charge in [0.2, 0.25) is 5.91 Å². The molecule has 0 fully saturated rings. The Morgan fingerprint density at radius 2 is 2.00 bits per heavy atom. The van der Waals surface area contributed by atoms with Crippen LogP contribution >= 0.6 is 0 Å². The van der Waals surface area contributed by atoms with E-state index in [1.165, 1.54) is 0 Å². The maximum Gasteiger partial charge on any atom is 0.226 e. The first kappa shape index (κ1) is 16.5. The molecule has 0 saturated heterocycles. The third-order valence-corrected chi connectivity index (χ3v) is 2.96. The van der Waals surface area contributed by atoms with Gasteiger partial charge in [-0.3, -0.25) is 4.79 Å².